The summed E-state index contributed by atoms with van der Waals surface area (Å²) >= 11 is 6.21. The van der Waals surface area contributed by atoms with E-state index in [2.05, 4.69) is 6.58 Å². The molecule has 1 aliphatic heterocycles. The lowest BCUT2D eigenvalue weighted by molar-refractivity contribution is -0.123. The molecular formula is C19H18ClNO3. The number of amides is 1. The predicted octanol–water partition coefficient (Wildman–Crippen LogP) is 3.99. The van der Waals surface area contributed by atoms with E-state index in [1.807, 2.05) is 36.4 Å². The number of carbonyl (C=O) groups is 1. The highest BCUT2D eigenvalue weighted by Crippen LogP contribution is 2.40. The van der Waals surface area contributed by atoms with E-state index in [1.54, 1.807) is 24.2 Å². The van der Waals surface area contributed by atoms with Gasteiger partial charge in [0, 0.05) is 22.7 Å². The summed E-state index contributed by atoms with van der Waals surface area (Å²) in [7, 11) is 1.61. The summed E-state index contributed by atoms with van der Waals surface area (Å²) in [5, 5.41) is 0.588. The molecule has 2 aromatic rings. The number of halogens is 1. The van der Waals surface area contributed by atoms with Crippen molar-refractivity contribution in [3.63, 3.8) is 0 Å². The Morgan fingerprint density at radius 2 is 2.12 bits per heavy atom. The third-order valence-corrected chi connectivity index (χ3v) is 4.21. The Hall–Kier alpha value is -2.30. The van der Waals surface area contributed by atoms with Crippen LogP contribution in [0.4, 0.5) is 5.69 Å². The molecular weight excluding hydrogens is 326 g/mol. The number of para-hydroxylation sites is 1. The van der Waals surface area contributed by atoms with Crippen LogP contribution in [0.3, 0.4) is 0 Å². The lowest BCUT2D eigenvalue weighted by Gasteiger charge is -2.23. The Morgan fingerprint density at radius 1 is 1.33 bits per heavy atom. The Kier molecular flexibility index (Phi) is 4.88. The van der Waals surface area contributed by atoms with Gasteiger partial charge in [-0.1, -0.05) is 35.9 Å². The van der Waals surface area contributed by atoms with Crippen molar-refractivity contribution < 1.29 is 14.3 Å². The van der Waals surface area contributed by atoms with Gasteiger partial charge in [0.15, 0.2) is 0 Å². The van der Waals surface area contributed by atoms with E-state index in [4.69, 9.17) is 21.1 Å². The summed E-state index contributed by atoms with van der Waals surface area (Å²) in [6.45, 7) is 4.12. The van der Waals surface area contributed by atoms with Crippen LogP contribution in [0.25, 0.3) is 0 Å². The van der Waals surface area contributed by atoms with Crippen molar-refractivity contribution in [2.45, 2.75) is 6.10 Å². The van der Waals surface area contributed by atoms with Gasteiger partial charge in [0.2, 0.25) is 0 Å². The average molecular weight is 344 g/mol. The molecule has 1 heterocycles. The Bertz CT molecular complexity index is 775. The fourth-order valence-electron chi connectivity index (χ4n) is 2.91. The third-order valence-electron chi connectivity index (χ3n) is 3.97. The topological polar surface area (TPSA) is 38.8 Å². The van der Waals surface area contributed by atoms with Gasteiger partial charge in [-0.05, 0) is 24.3 Å². The van der Waals surface area contributed by atoms with Crippen molar-refractivity contribution >= 4 is 23.2 Å². The van der Waals surface area contributed by atoms with Gasteiger partial charge >= 0.3 is 0 Å². The van der Waals surface area contributed by atoms with Gasteiger partial charge < -0.3 is 14.4 Å². The SMILES string of the molecule is C=CCN1C(=O)COC(c2ccccc2OC)c2cc(Cl)ccc21. The summed E-state index contributed by atoms with van der Waals surface area (Å²) in [6, 6.07) is 13.1. The third kappa shape index (κ3) is 3.03. The highest BCUT2D eigenvalue weighted by molar-refractivity contribution is 6.30. The lowest BCUT2D eigenvalue weighted by Crippen LogP contribution is -2.32. The second-order valence-electron chi connectivity index (χ2n) is 5.43. The van der Waals surface area contributed by atoms with Gasteiger partial charge in [-0.2, -0.15) is 0 Å². The molecule has 4 nitrogen and oxygen atoms in total. The van der Waals surface area contributed by atoms with Gasteiger partial charge in [-0.3, -0.25) is 4.79 Å². The quantitative estimate of drug-likeness (QED) is 0.788. The minimum atomic E-state index is -0.436. The summed E-state index contributed by atoms with van der Waals surface area (Å²) in [4.78, 5) is 14.1. The second kappa shape index (κ2) is 7.07. The summed E-state index contributed by atoms with van der Waals surface area (Å²) in [6.07, 6.45) is 1.26. The molecule has 1 atom stereocenters. The van der Waals surface area contributed by atoms with Gasteiger partial charge in [0.05, 0.1) is 12.8 Å². The molecule has 0 spiro atoms. The van der Waals surface area contributed by atoms with Crippen molar-refractivity contribution in [3.05, 3.63) is 71.3 Å². The maximum Gasteiger partial charge on any atom is 0.253 e. The number of rotatable bonds is 4. The Labute approximate surface area is 146 Å². The lowest BCUT2D eigenvalue weighted by atomic mass is 9.98. The molecule has 3 rings (SSSR count). The van der Waals surface area contributed by atoms with Crippen LogP contribution in [-0.4, -0.2) is 26.2 Å². The normalized spacial score (nSPS) is 17.2. The number of anilines is 1. The molecule has 0 bridgehead atoms. The molecule has 0 aliphatic carbocycles. The monoisotopic (exact) mass is 343 g/mol. The van der Waals surface area contributed by atoms with Crippen LogP contribution in [0, 0.1) is 0 Å². The van der Waals surface area contributed by atoms with Crippen LogP contribution in [0.2, 0.25) is 5.02 Å². The summed E-state index contributed by atoms with van der Waals surface area (Å²) < 4.78 is 11.4. The van der Waals surface area contributed by atoms with E-state index in [0.717, 1.165) is 16.8 Å². The average Bonchev–Trinajstić information content (AvgIpc) is 2.72. The molecule has 1 amide bonds. The van der Waals surface area contributed by atoms with Crippen LogP contribution in [-0.2, 0) is 9.53 Å². The van der Waals surface area contributed by atoms with E-state index in [1.165, 1.54) is 0 Å². The molecule has 1 unspecified atom stereocenters. The zero-order valence-corrected chi connectivity index (χ0v) is 14.1. The van der Waals surface area contributed by atoms with Gasteiger partial charge in [-0.25, -0.2) is 0 Å². The first-order valence-corrected chi connectivity index (χ1v) is 7.98. The molecule has 124 valence electrons. The van der Waals surface area contributed by atoms with E-state index in [0.29, 0.717) is 17.3 Å². The Balaban J connectivity index is 2.18. The van der Waals surface area contributed by atoms with E-state index < -0.39 is 6.10 Å². The first kappa shape index (κ1) is 16.6. The van der Waals surface area contributed by atoms with Gasteiger partial charge in [0.1, 0.15) is 18.5 Å². The number of ether oxygens (including phenoxy) is 2. The van der Waals surface area contributed by atoms with Crippen molar-refractivity contribution in [2.24, 2.45) is 0 Å². The summed E-state index contributed by atoms with van der Waals surface area (Å²) in [5.74, 6) is 0.592. The fourth-order valence-corrected chi connectivity index (χ4v) is 3.09. The Morgan fingerprint density at radius 3 is 2.88 bits per heavy atom. The van der Waals surface area contributed by atoms with Gasteiger partial charge in [-0.15, -0.1) is 6.58 Å². The standard InChI is InChI=1S/C19H18ClNO3/c1-3-10-21-16-9-8-13(20)11-15(16)19(24-12-18(21)22)14-6-4-5-7-17(14)23-2/h3-9,11,19H,1,10,12H2,2H3. The van der Waals surface area contributed by atoms with Crippen LogP contribution in [0.1, 0.15) is 17.2 Å². The molecule has 0 radical (unpaired) electrons. The zero-order chi connectivity index (χ0) is 17.1. The van der Waals surface area contributed by atoms with Crippen LogP contribution < -0.4 is 9.64 Å². The molecule has 0 aromatic heterocycles. The number of methoxy groups -OCH3 is 1. The number of benzene rings is 2. The minimum Gasteiger partial charge on any atom is -0.496 e. The van der Waals surface area contributed by atoms with Crippen molar-refractivity contribution in [1.29, 1.82) is 0 Å². The van der Waals surface area contributed by atoms with Crippen molar-refractivity contribution in [1.82, 2.24) is 0 Å². The molecule has 0 fully saturated rings. The maximum absolute atomic E-state index is 12.5. The number of hydrogen-bond acceptors (Lipinski definition) is 3. The summed E-state index contributed by atoms with van der Waals surface area (Å²) in [5.41, 5.74) is 2.47. The van der Waals surface area contributed by atoms with Crippen molar-refractivity contribution in [3.8, 4) is 5.75 Å². The molecule has 0 saturated heterocycles. The smallest absolute Gasteiger partial charge is 0.253 e. The first-order chi connectivity index (χ1) is 11.7. The minimum absolute atomic E-state index is 0.0249. The second-order valence-corrected chi connectivity index (χ2v) is 5.87. The first-order valence-electron chi connectivity index (χ1n) is 7.61. The maximum atomic E-state index is 12.5. The molecule has 24 heavy (non-hydrogen) atoms. The number of fused-ring (bicyclic) bond motifs is 1. The molecule has 2 aromatic carbocycles. The van der Waals surface area contributed by atoms with Crippen LogP contribution >= 0.6 is 11.6 Å². The fraction of sp³-hybridized carbons (Fsp3) is 0.211. The van der Waals surface area contributed by atoms with E-state index in [-0.39, 0.29) is 12.5 Å². The van der Waals surface area contributed by atoms with Gasteiger partial charge in [0.25, 0.3) is 5.91 Å². The molecule has 0 N–H and O–H groups in total. The zero-order valence-electron chi connectivity index (χ0n) is 13.4. The van der Waals surface area contributed by atoms with Crippen LogP contribution in [0.5, 0.6) is 5.75 Å². The largest absolute Gasteiger partial charge is 0.496 e. The predicted molar refractivity (Wildman–Crippen MR) is 94.8 cm³/mol. The number of nitrogens with zero attached hydrogens (tertiary/aromatic N) is 1. The van der Waals surface area contributed by atoms with E-state index >= 15 is 0 Å². The molecule has 1 aliphatic rings. The molecule has 5 heteroatoms. The number of carbonyl (C=O) groups excluding carboxylic acids is 1. The van der Waals surface area contributed by atoms with E-state index in [9.17, 15) is 4.79 Å². The number of hydrogen-bond donors (Lipinski definition) is 0. The van der Waals surface area contributed by atoms with Crippen molar-refractivity contribution in [2.75, 3.05) is 25.2 Å². The highest BCUT2D eigenvalue weighted by atomic mass is 35.5. The van der Waals surface area contributed by atoms with Crippen LogP contribution in [0.15, 0.2) is 55.1 Å². The highest BCUT2D eigenvalue weighted by Gasteiger charge is 2.30. The molecule has 0 saturated carbocycles.